The molecule has 0 aliphatic rings. The van der Waals surface area contributed by atoms with Gasteiger partial charge in [-0.3, -0.25) is 9.59 Å². The quantitative estimate of drug-likeness (QED) is 0.722. The lowest BCUT2D eigenvalue weighted by atomic mass is 9.99. The third-order valence-electron chi connectivity index (χ3n) is 2.25. The Balaban J connectivity index is 4.50. The van der Waals surface area contributed by atoms with Gasteiger partial charge in [0.15, 0.2) is 11.6 Å². The van der Waals surface area contributed by atoms with E-state index in [1.54, 1.807) is 27.7 Å². The van der Waals surface area contributed by atoms with Crippen molar-refractivity contribution < 1.29 is 19.4 Å². The van der Waals surface area contributed by atoms with E-state index in [-0.39, 0.29) is 5.78 Å². The lowest BCUT2D eigenvalue weighted by Crippen LogP contribution is -2.44. The van der Waals surface area contributed by atoms with Crippen molar-refractivity contribution >= 4 is 11.6 Å². The molecule has 1 N–H and O–H groups in total. The van der Waals surface area contributed by atoms with E-state index in [2.05, 4.69) is 0 Å². The Labute approximate surface area is 90.6 Å². The Hall–Kier alpha value is -0.740. The van der Waals surface area contributed by atoms with Crippen LogP contribution in [0.1, 0.15) is 41.0 Å². The zero-order valence-electron chi connectivity index (χ0n) is 10.0. The van der Waals surface area contributed by atoms with E-state index in [0.29, 0.717) is 6.42 Å². The summed E-state index contributed by atoms with van der Waals surface area (Å²) in [6.45, 7) is 7.86. The average Bonchev–Trinajstić information content (AvgIpc) is 2.14. The van der Waals surface area contributed by atoms with Crippen molar-refractivity contribution in [1.82, 2.24) is 0 Å². The molecular formula is C11H20O4. The normalized spacial score (nSPS) is 15.9. The number of carbonyl (C=O) groups is 2. The molecule has 0 aromatic heterocycles. The summed E-state index contributed by atoms with van der Waals surface area (Å²) in [7, 11) is 0. The number of rotatable bonds is 6. The first-order valence-electron chi connectivity index (χ1n) is 5.15. The van der Waals surface area contributed by atoms with Gasteiger partial charge >= 0.3 is 0 Å². The molecule has 15 heavy (non-hydrogen) atoms. The van der Waals surface area contributed by atoms with E-state index < -0.39 is 23.6 Å². The molecule has 2 atom stereocenters. The maximum Gasteiger partial charge on any atom is 0.192 e. The molecule has 0 saturated heterocycles. The van der Waals surface area contributed by atoms with Gasteiger partial charge in [0.05, 0.1) is 0 Å². The van der Waals surface area contributed by atoms with Gasteiger partial charge in [-0.15, -0.1) is 0 Å². The predicted octanol–water partition coefficient (Wildman–Crippen LogP) is 1.10. The molecule has 4 nitrogen and oxygen atoms in total. The topological polar surface area (TPSA) is 63.6 Å². The van der Waals surface area contributed by atoms with Crippen molar-refractivity contribution in [3.05, 3.63) is 0 Å². The van der Waals surface area contributed by atoms with Crippen molar-refractivity contribution in [2.75, 3.05) is 0 Å². The van der Waals surface area contributed by atoms with Gasteiger partial charge in [-0.05, 0) is 27.7 Å². The minimum atomic E-state index is -1.13. The molecule has 0 spiro atoms. The molecule has 0 aromatic rings. The molecule has 0 fully saturated rings. The van der Waals surface area contributed by atoms with Crippen molar-refractivity contribution in [1.29, 1.82) is 0 Å². The first-order valence-corrected chi connectivity index (χ1v) is 5.15. The predicted molar refractivity (Wildman–Crippen MR) is 56.6 cm³/mol. The highest BCUT2D eigenvalue weighted by Gasteiger charge is 2.34. The highest BCUT2D eigenvalue weighted by molar-refractivity contribution is 5.90. The van der Waals surface area contributed by atoms with Gasteiger partial charge in [-0.1, -0.05) is 6.92 Å². The molecule has 2 unspecified atom stereocenters. The maximum atomic E-state index is 11.5. The van der Waals surface area contributed by atoms with Gasteiger partial charge in [-0.25, -0.2) is 0 Å². The summed E-state index contributed by atoms with van der Waals surface area (Å²) in [4.78, 5) is 22.8. The van der Waals surface area contributed by atoms with E-state index in [1.165, 1.54) is 6.92 Å². The number of hydrogen-bond acceptors (Lipinski definition) is 4. The maximum absolute atomic E-state index is 11.5. The zero-order valence-corrected chi connectivity index (χ0v) is 10.0. The highest BCUT2D eigenvalue weighted by Crippen LogP contribution is 2.16. The summed E-state index contributed by atoms with van der Waals surface area (Å²) >= 11 is 0. The third-order valence-corrected chi connectivity index (χ3v) is 2.25. The van der Waals surface area contributed by atoms with Crippen LogP contribution in [0.4, 0.5) is 0 Å². The molecular weight excluding hydrogens is 196 g/mol. The second-order valence-electron chi connectivity index (χ2n) is 4.13. The molecule has 0 radical (unpaired) electrons. The molecule has 0 bridgehead atoms. The third kappa shape index (κ3) is 4.10. The van der Waals surface area contributed by atoms with Crippen LogP contribution in [0.15, 0.2) is 0 Å². The van der Waals surface area contributed by atoms with Gasteiger partial charge in [0, 0.05) is 6.42 Å². The number of hydrogen-bond donors (Lipinski definition) is 1. The first kappa shape index (κ1) is 14.3. The number of ether oxygens (including phenoxy) is 1. The lowest BCUT2D eigenvalue weighted by Gasteiger charge is -2.28. The van der Waals surface area contributed by atoms with Crippen LogP contribution < -0.4 is 0 Å². The molecule has 88 valence electrons. The fraction of sp³-hybridized carbons (Fsp3) is 0.818. The first-order chi connectivity index (χ1) is 6.72. The van der Waals surface area contributed by atoms with Gasteiger partial charge in [0.1, 0.15) is 17.8 Å². The fourth-order valence-electron chi connectivity index (χ4n) is 1.36. The van der Waals surface area contributed by atoms with E-state index in [4.69, 9.17) is 9.84 Å². The average molecular weight is 216 g/mol. The highest BCUT2D eigenvalue weighted by atomic mass is 16.5. The number of Topliss-reactive ketones (excluding diaryl/α,β-unsaturated/α-hetero) is 2. The van der Waals surface area contributed by atoms with E-state index in [9.17, 15) is 9.59 Å². The van der Waals surface area contributed by atoms with Crippen LogP contribution in [0.2, 0.25) is 0 Å². The zero-order chi connectivity index (χ0) is 12.2. The largest absolute Gasteiger partial charge is 0.385 e. The number of ketones is 2. The smallest absolute Gasteiger partial charge is 0.192 e. The molecule has 0 rings (SSSR count). The van der Waals surface area contributed by atoms with Crippen molar-refractivity contribution in [2.45, 2.75) is 58.8 Å². The summed E-state index contributed by atoms with van der Waals surface area (Å²) in [5.74, 6) is -0.472. The Morgan fingerprint density at radius 3 is 2.13 bits per heavy atom. The van der Waals surface area contributed by atoms with Gasteiger partial charge < -0.3 is 9.84 Å². The summed E-state index contributed by atoms with van der Waals surface area (Å²) in [6.07, 6.45) is -1.32. The molecule has 0 aromatic carbocycles. The molecule has 4 heteroatoms. The SMILES string of the molecule is CCC(=O)C(C)OC(C)(C)C(=O)C(C)O. The fourth-order valence-corrected chi connectivity index (χ4v) is 1.36. The van der Waals surface area contributed by atoms with Crippen molar-refractivity contribution in [3.63, 3.8) is 0 Å². The summed E-state index contributed by atoms with van der Waals surface area (Å²) in [5, 5.41) is 9.15. The van der Waals surface area contributed by atoms with Gasteiger partial charge in [0.2, 0.25) is 0 Å². The van der Waals surface area contributed by atoms with Crippen LogP contribution >= 0.6 is 0 Å². The van der Waals surface area contributed by atoms with Crippen molar-refractivity contribution in [2.24, 2.45) is 0 Å². The standard InChI is InChI=1S/C11H20O4/c1-6-9(13)8(3)15-11(4,5)10(14)7(2)12/h7-8,12H,6H2,1-5H3. The van der Waals surface area contributed by atoms with E-state index in [0.717, 1.165) is 0 Å². The number of carbonyl (C=O) groups excluding carboxylic acids is 2. The van der Waals surface area contributed by atoms with Crippen LogP contribution in [0, 0.1) is 0 Å². The second-order valence-corrected chi connectivity index (χ2v) is 4.13. The Morgan fingerprint density at radius 1 is 1.33 bits per heavy atom. The van der Waals surface area contributed by atoms with E-state index in [1.807, 2.05) is 0 Å². The second kappa shape index (κ2) is 5.37. The van der Waals surface area contributed by atoms with Crippen LogP contribution in [0.25, 0.3) is 0 Å². The van der Waals surface area contributed by atoms with Gasteiger partial charge in [0.25, 0.3) is 0 Å². The Bertz CT molecular complexity index is 243. The van der Waals surface area contributed by atoms with E-state index >= 15 is 0 Å². The Morgan fingerprint density at radius 2 is 1.80 bits per heavy atom. The number of aliphatic hydroxyl groups is 1. The number of aliphatic hydroxyl groups excluding tert-OH is 1. The minimum absolute atomic E-state index is 0.0542. The van der Waals surface area contributed by atoms with Crippen LogP contribution in [0.5, 0.6) is 0 Å². The molecule has 0 amide bonds. The monoisotopic (exact) mass is 216 g/mol. The van der Waals surface area contributed by atoms with Gasteiger partial charge in [-0.2, -0.15) is 0 Å². The summed E-state index contributed by atoms with van der Waals surface area (Å²) < 4.78 is 5.35. The Kier molecular flexibility index (Phi) is 5.11. The summed E-state index contributed by atoms with van der Waals surface area (Å²) in [6, 6.07) is 0. The van der Waals surface area contributed by atoms with Crippen LogP contribution in [-0.4, -0.2) is 34.5 Å². The van der Waals surface area contributed by atoms with Crippen LogP contribution in [-0.2, 0) is 14.3 Å². The molecule has 0 heterocycles. The summed E-state index contributed by atoms with van der Waals surface area (Å²) in [5.41, 5.74) is -1.13. The molecule has 0 saturated carbocycles. The molecule has 0 aliphatic carbocycles. The van der Waals surface area contributed by atoms with Crippen molar-refractivity contribution in [3.8, 4) is 0 Å². The minimum Gasteiger partial charge on any atom is -0.385 e. The van der Waals surface area contributed by atoms with Crippen LogP contribution in [0.3, 0.4) is 0 Å². The molecule has 0 aliphatic heterocycles. The lowest BCUT2D eigenvalue weighted by molar-refractivity contribution is -0.159.